The summed E-state index contributed by atoms with van der Waals surface area (Å²) in [5.41, 5.74) is 0. The third kappa shape index (κ3) is 1.96. The summed E-state index contributed by atoms with van der Waals surface area (Å²) in [6.07, 6.45) is 1.42. The molecule has 0 atom stereocenters. The highest BCUT2D eigenvalue weighted by atomic mass is 15.6. The van der Waals surface area contributed by atoms with Gasteiger partial charge in [0.25, 0.3) is 5.95 Å². The van der Waals surface area contributed by atoms with Crippen LogP contribution < -0.4 is 10.2 Å². The summed E-state index contributed by atoms with van der Waals surface area (Å²) in [6.45, 7) is -11.9. The van der Waals surface area contributed by atoms with E-state index in [0.717, 1.165) is 4.68 Å². The quantitative estimate of drug-likeness (QED) is 0.759. The predicted octanol–water partition coefficient (Wildman–Crippen LogP) is -0.533. The summed E-state index contributed by atoms with van der Waals surface area (Å²) in [5, 5.41) is 12.4. The third-order valence-corrected chi connectivity index (χ3v) is 1.98. The number of nitrogens with one attached hydrogen (secondary N) is 1. The Morgan fingerprint density at radius 3 is 2.94 bits per heavy atom. The van der Waals surface area contributed by atoms with E-state index in [0.29, 0.717) is 0 Å². The van der Waals surface area contributed by atoms with Crippen molar-refractivity contribution in [3.63, 3.8) is 0 Å². The zero-order chi connectivity index (χ0) is 18.7. The van der Waals surface area contributed by atoms with Crippen molar-refractivity contribution in [1.29, 1.82) is 0 Å². The molecule has 17 heavy (non-hydrogen) atoms. The van der Waals surface area contributed by atoms with Gasteiger partial charge >= 0.3 is 0 Å². The van der Waals surface area contributed by atoms with Crippen LogP contribution in [0.1, 0.15) is 11.0 Å². The summed E-state index contributed by atoms with van der Waals surface area (Å²) in [5.74, 6) is -0.392. The predicted molar refractivity (Wildman–Crippen MR) is 62.0 cm³/mol. The van der Waals surface area contributed by atoms with E-state index in [2.05, 4.69) is 20.5 Å². The van der Waals surface area contributed by atoms with Gasteiger partial charge in [0.05, 0.1) is 5.48 Å². The Labute approximate surface area is 110 Å². The van der Waals surface area contributed by atoms with Crippen LogP contribution in [-0.4, -0.2) is 51.2 Å². The van der Waals surface area contributed by atoms with Crippen molar-refractivity contribution < 1.29 is 11.0 Å². The molecule has 1 N–H and O–H groups in total. The second kappa shape index (κ2) is 4.46. The topological polar surface area (TPSA) is 71.8 Å². The Morgan fingerprint density at radius 1 is 1.29 bits per heavy atom. The maximum absolute atomic E-state index is 8.07. The van der Waals surface area contributed by atoms with Crippen molar-refractivity contribution in [2.45, 2.75) is 0 Å². The minimum Gasteiger partial charge on any atom is -0.337 e. The van der Waals surface area contributed by atoms with E-state index < -0.39 is 31.9 Å². The van der Waals surface area contributed by atoms with Gasteiger partial charge in [-0.05, 0) is 22.6 Å². The lowest BCUT2D eigenvalue weighted by molar-refractivity contribution is 0.574. The first-order valence-electron chi connectivity index (χ1n) is 8.71. The van der Waals surface area contributed by atoms with Gasteiger partial charge in [-0.2, -0.15) is 4.68 Å². The van der Waals surface area contributed by atoms with E-state index in [9.17, 15) is 0 Å². The van der Waals surface area contributed by atoms with Gasteiger partial charge in [0, 0.05) is 37.7 Å². The van der Waals surface area contributed by atoms with Gasteiger partial charge in [0.15, 0.2) is 5.82 Å². The minimum atomic E-state index is -3.02. The van der Waals surface area contributed by atoms with Crippen LogP contribution in [0, 0.1) is 0 Å². The molecule has 0 aromatic carbocycles. The van der Waals surface area contributed by atoms with Crippen molar-refractivity contribution in [3.05, 3.63) is 24.4 Å². The first-order chi connectivity index (χ1) is 11.4. The molecule has 3 heterocycles. The Morgan fingerprint density at radius 2 is 2.18 bits per heavy atom. The molecule has 88 valence electrons. The van der Waals surface area contributed by atoms with Gasteiger partial charge in [-0.15, -0.1) is 0 Å². The van der Waals surface area contributed by atoms with Crippen molar-refractivity contribution in [1.82, 2.24) is 30.5 Å². The highest BCUT2D eigenvalue weighted by Gasteiger charge is 2.18. The second-order valence-corrected chi connectivity index (χ2v) is 3.01. The Kier molecular flexibility index (Phi) is 1.23. The number of piperazine rings is 1. The smallest absolute Gasteiger partial charge is 0.251 e. The molecular weight excluding hydrogens is 218 g/mol. The molecule has 0 spiro atoms. The van der Waals surface area contributed by atoms with E-state index >= 15 is 0 Å². The molecule has 7 nitrogen and oxygen atoms in total. The first kappa shape index (κ1) is 4.69. The summed E-state index contributed by atoms with van der Waals surface area (Å²) in [7, 11) is 0. The van der Waals surface area contributed by atoms with Crippen molar-refractivity contribution >= 4 is 5.95 Å². The van der Waals surface area contributed by atoms with Crippen LogP contribution in [0.2, 0.25) is 0 Å². The lowest BCUT2D eigenvalue weighted by atomic mass is 10.4. The SMILES string of the molecule is [2H]C1([2H])NC([2H])([2H])C([2H])([2H])N(c2nnnn2-c2ccccn2)C1([2H])[2H]. The fraction of sp³-hybridized carbons (Fsp3) is 0.400. The molecule has 0 saturated carbocycles. The number of tetrazole rings is 1. The summed E-state index contributed by atoms with van der Waals surface area (Å²) < 4.78 is 64.4. The molecule has 2 aromatic heterocycles. The zero-order valence-corrected chi connectivity index (χ0v) is 8.49. The third-order valence-electron chi connectivity index (χ3n) is 1.98. The molecule has 1 aliphatic rings. The summed E-state index contributed by atoms with van der Waals surface area (Å²) in [6, 6.07) is 4.71. The average molecular weight is 239 g/mol. The molecule has 3 rings (SSSR count). The Bertz CT molecular complexity index is 751. The fourth-order valence-corrected chi connectivity index (χ4v) is 1.28. The number of rotatable bonds is 2. The second-order valence-electron chi connectivity index (χ2n) is 3.01. The maximum Gasteiger partial charge on any atom is 0.251 e. The van der Waals surface area contributed by atoms with Crippen molar-refractivity contribution in [2.24, 2.45) is 0 Å². The Balaban J connectivity index is 2.22. The van der Waals surface area contributed by atoms with Gasteiger partial charge in [-0.25, -0.2) is 4.98 Å². The van der Waals surface area contributed by atoms with Gasteiger partial charge in [0.2, 0.25) is 0 Å². The van der Waals surface area contributed by atoms with E-state index in [1.165, 1.54) is 12.3 Å². The molecule has 2 aromatic rings. The standard InChI is InChI=1S/C10H13N7/c1-2-4-12-9(3-1)17-10(13-14-15-17)16-7-5-11-6-8-16/h1-4,11H,5-8H2/i5D2,6D2,7D2,8D2. The first-order valence-corrected chi connectivity index (χ1v) is 4.71. The largest absolute Gasteiger partial charge is 0.337 e. The van der Waals surface area contributed by atoms with Gasteiger partial charge in [-0.3, -0.25) is 0 Å². The number of nitrogens with zero attached hydrogens (tertiary/aromatic N) is 6. The van der Waals surface area contributed by atoms with Crippen LogP contribution in [0.5, 0.6) is 0 Å². The van der Waals surface area contributed by atoms with E-state index in [1.54, 1.807) is 17.4 Å². The molecule has 0 radical (unpaired) electrons. The van der Waals surface area contributed by atoms with Crippen LogP contribution in [0.4, 0.5) is 5.95 Å². The Hall–Kier alpha value is -2.02. The molecular formula is C10H13N7. The number of aromatic nitrogens is 5. The zero-order valence-electron chi connectivity index (χ0n) is 16.5. The van der Waals surface area contributed by atoms with Crippen LogP contribution in [0.15, 0.2) is 24.4 Å². The molecule has 1 saturated heterocycles. The summed E-state index contributed by atoms with van der Waals surface area (Å²) >= 11 is 0. The van der Waals surface area contributed by atoms with Crippen LogP contribution in [-0.2, 0) is 0 Å². The number of hydrogen-bond acceptors (Lipinski definition) is 6. The van der Waals surface area contributed by atoms with Crippen LogP contribution >= 0.6 is 0 Å². The number of anilines is 1. The minimum absolute atomic E-state index is 0.133. The molecule has 0 unspecified atom stereocenters. The highest BCUT2D eigenvalue weighted by Crippen LogP contribution is 2.13. The number of pyridine rings is 1. The van der Waals surface area contributed by atoms with E-state index in [-0.39, 0.29) is 10.7 Å². The van der Waals surface area contributed by atoms with Crippen molar-refractivity contribution in [3.8, 4) is 5.82 Å². The molecule has 0 aliphatic carbocycles. The molecule has 1 aliphatic heterocycles. The van der Waals surface area contributed by atoms with E-state index in [1.807, 2.05) is 0 Å². The lowest BCUT2D eigenvalue weighted by Crippen LogP contribution is -2.44. The van der Waals surface area contributed by atoms with Crippen molar-refractivity contribution in [2.75, 3.05) is 30.9 Å². The van der Waals surface area contributed by atoms with Crippen LogP contribution in [0.3, 0.4) is 0 Å². The molecule has 0 bridgehead atoms. The lowest BCUT2D eigenvalue weighted by Gasteiger charge is -2.27. The number of hydrogen-bond donors (Lipinski definition) is 1. The maximum atomic E-state index is 8.07. The molecule has 1 fully saturated rings. The molecule has 7 heteroatoms. The van der Waals surface area contributed by atoms with Crippen LogP contribution in [0.25, 0.3) is 5.82 Å². The average Bonchev–Trinajstić information content (AvgIpc) is 2.94. The molecule has 0 amide bonds. The van der Waals surface area contributed by atoms with Gasteiger partial charge in [-0.1, -0.05) is 11.2 Å². The highest BCUT2D eigenvalue weighted by molar-refractivity contribution is 5.36. The summed E-state index contributed by atoms with van der Waals surface area (Å²) in [4.78, 5) is 4.25. The normalized spacial score (nSPS) is 34.9. The monoisotopic (exact) mass is 239 g/mol. The van der Waals surface area contributed by atoms with Gasteiger partial charge < -0.3 is 10.2 Å². The van der Waals surface area contributed by atoms with E-state index in [4.69, 9.17) is 11.0 Å². The van der Waals surface area contributed by atoms with Gasteiger partial charge in [0.1, 0.15) is 0 Å². The fourth-order valence-electron chi connectivity index (χ4n) is 1.28.